The van der Waals surface area contributed by atoms with Gasteiger partial charge in [-0.25, -0.2) is 9.97 Å². The van der Waals surface area contributed by atoms with E-state index in [1.807, 2.05) is 63.2 Å². The van der Waals surface area contributed by atoms with Crippen molar-refractivity contribution in [1.82, 2.24) is 9.97 Å². The van der Waals surface area contributed by atoms with Gasteiger partial charge in [-0.05, 0) is 82.0 Å². The number of amides is 1. The van der Waals surface area contributed by atoms with Gasteiger partial charge in [0, 0.05) is 55.3 Å². The monoisotopic (exact) mass is 501 g/mol. The maximum Gasteiger partial charge on any atom is 0.306 e. The van der Waals surface area contributed by atoms with Crippen LogP contribution in [0, 0.1) is 5.92 Å². The molecule has 0 radical (unpaired) electrons. The number of benzene rings is 2. The Bertz CT molecular complexity index is 1210. The molecule has 3 aromatic rings. The second-order valence-corrected chi connectivity index (χ2v) is 10.4. The van der Waals surface area contributed by atoms with Gasteiger partial charge < -0.3 is 20.3 Å². The summed E-state index contributed by atoms with van der Waals surface area (Å²) in [6.45, 7) is 9.05. The van der Waals surface area contributed by atoms with E-state index < -0.39 is 5.60 Å². The number of hydrogen-bond acceptors (Lipinski definition) is 7. The van der Waals surface area contributed by atoms with Crippen LogP contribution in [0.3, 0.4) is 0 Å². The number of carbonyl (C=O) groups is 2. The second kappa shape index (κ2) is 11.4. The minimum absolute atomic E-state index is 0.102. The van der Waals surface area contributed by atoms with E-state index >= 15 is 0 Å². The molecule has 0 aliphatic carbocycles. The third-order valence-corrected chi connectivity index (χ3v) is 6.14. The summed E-state index contributed by atoms with van der Waals surface area (Å²) in [5.41, 5.74) is 4.11. The van der Waals surface area contributed by atoms with Gasteiger partial charge in [-0.3, -0.25) is 9.59 Å². The van der Waals surface area contributed by atoms with Gasteiger partial charge in [0.1, 0.15) is 5.60 Å². The predicted octanol–water partition coefficient (Wildman–Crippen LogP) is 5.79. The van der Waals surface area contributed by atoms with Crippen molar-refractivity contribution in [2.45, 2.75) is 52.6 Å². The number of hydrogen-bond donors (Lipinski definition) is 2. The zero-order valence-corrected chi connectivity index (χ0v) is 22.0. The maximum atomic E-state index is 12.1. The first-order valence-electron chi connectivity index (χ1n) is 12.7. The smallest absolute Gasteiger partial charge is 0.306 e. The van der Waals surface area contributed by atoms with Gasteiger partial charge in [-0.1, -0.05) is 12.1 Å². The van der Waals surface area contributed by atoms with Crippen LogP contribution >= 0.6 is 0 Å². The van der Waals surface area contributed by atoms with Gasteiger partial charge in [-0.2, -0.15) is 0 Å². The summed E-state index contributed by atoms with van der Waals surface area (Å²) >= 11 is 0. The molecule has 37 heavy (non-hydrogen) atoms. The number of rotatable bonds is 7. The molecule has 0 bridgehead atoms. The summed E-state index contributed by atoms with van der Waals surface area (Å²) in [7, 11) is 0. The summed E-state index contributed by atoms with van der Waals surface area (Å²) in [5, 5.41) is 6.05. The topological polar surface area (TPSA) is 96.5 Å². The fourth-order valence-electron chi connectivity index (χ4n) is 4.41. The molecular weight excluding hydrogens is 466 g/mol. The van der Waals surface area contributed by atoms with Crippen molar-refractivity contribution < 1.29 is 14.3 Å². The molecule has 2 heterocycles. The summed E-state index contributed by atoms with van der Waals surface area (Å²) in [6, 6.07) is 17.7. The third kappa shape index (κ3) is 7.77. The molecule has 1 aliphatic rings. The molecule has 8 heteroatoms. The summed E-state index contributed by atoms with van der Waals surface area (Å²) in [5.74, 6) is 0.682. The zero-order chi connectivity index (χ0) is 26.4. The number of aromatic nitrogens is 2. The summed E-state index contributed by atoms with van der Waals surface area (Å²) < 4.78 is 5.48. The molecule has 1 saturated heterocycles. The van der Waals surface area contributed by atoms with Crippen molar-refractivity contribution >= 4 is 34.9 Å². The lowest BCUT2D eigenvalue weighted by Gasteiger charge is -2.33. The number of nitrogens with one attached hydrogen (secondary N) is 2. The fraction of sp³-hybridized carbons (Fsp3) is 0.379. The van der Waals surface area contributed by atoms with Crippen LogP contribution in [0.5, 0.6) is 0 Å². The van der Waals surface area contributed by atoms with E-state index in [1.54, 1.807) is 6.20 Å². The van der Waals surface area contributed by atoms with Crippen LogP contribution in [0.25, 0.3) is 11.3 Å². The van der Waals surface area contributed by atoms with E-state index in [0.29, 0.717) is 18.3 Å². The average molecular weight is 502 g/mol. The number of ether oxygens (including phenoxy) is 1. The molecule has 0 spiro atoms. The average Bonchev–Trinajstić information content (AvgIpc) is 2.84. The number of carbonyl (C=O) groups excluding carboxylic acids is 2. The number of nitrogens with zero attached hydrogens (tertiary/aromatic N) is 3. The summed E-state index contributed by atoms with van der Waals surface area (Å²) in [6.07, 6.45) is 4.17. The van der Waals surface area contributed by atoms with E-state index in [-0.39, 0.29) is 11.9 Å². The Balaban J connectivity index is 1.31. The Hall–Kier alpha value is -3.94. The van der Waals surface area contributed by atoms with Gasteiger partial charge in [0.15, 0.2) is 0 Å². The number of anilines is 4. The van der Waals surface area contributed by atoms with Gasteiger partial charge in [0.25, 0.3) is 0 Å². The largest absolute Gasteiger partial charge is 0.460 e. The van der Waals surface area contributed by atoms with Gasteiger partial charge >= 0.3 is 5.97 Å². The molecule has 1 aliphatic heterocycles. The molecular formula is C29H35N5O3. The lowest BCUT2D eigenvalue weighted by molar-refractivity contribution is -0.156. The number of piperidine rings is 1. The Morgan fingerprint density at radius 1 is 0.973 bits per heavy atom. The van der Waals surface area contributed by atoms with E-state index in [0.717, 1.165) is 54.3 Å². The highest BCUT2D eigenvalue weighted by molar-refractivity contribution is 5.88. The molecule has 8 nitrogen and oxygen atoms in total. The molecule has 1 amide bonds. The van der Waals surface area contributed by atoms with Crippen LogP contribution in [0.15, 0.2) is 60.8 Å². The first-order valence-corrected chi connectivity index (χ1v) is 12.7. The van der Waals surface area contributed by atoms with Gasteiger partial charge in [0.05, 0.1) is 5.69 Å². The molecule has 0 atom stereocenters. The van der Waals surface area contributed by atoms with Crippen LogP contribution in [0.1, 0.15) is 47.0 Å². The van der Waals surface area contributed by atoms with Crippen LogP contribution < -0.4 is 15.5 Å². The summed E-state index contributed by atoms with van der Waals surface area (Å²) in [4.78, 5) is 34.7. The first-order chi connectivity index (χ1) is 17.6. The normalized spacial score (nSPS) is 14.2. The van der Waals surface area contributed by atoms with Crippen molar-refractivity contribution in [2.24, 2.45) is 5.92 Å². The van der Waals surface area contributed by atoms with Crippen LogP contribution in [-0.4, -0.2) is 40.5 Å². The van der Waals surface area contributed by atoms with Crippen molar-refractivity contribution in [2.75, 3.05) is 28.6 Å². The lowest BCUT2D eigenvalue weighted by atomic mass is 9.93. The Labute approximate surface area is 218 Å². The van der Waals surface area contributed by atoms with E-state index in [2.05, 4.69) is 37.6 Å². The van der Waals surface area contributed by atoms with E-state index in [1.165, 1.54) is 6.92 Å². The highest BCUT2D eigenvalue weighted by Gasteiger charge is 2.24. The van der Waals surface area contributed by atoms with Crippen molar-refractivity contribution in [1.29, 1.82) is 0 Å². The molecule has 194 valence electrons. The second-order valence-electron chi connectivity index (χ2n) is 10.4. The van der Waals surface area contributed by atoms with E-state index in [9.17, 15) is 9.59 Å². The quantitative estimate of drug-likeness (QED) is 0.395. The first kappa shape index (κ1) is 26.1. The maximum absolute atomic E-state index is 12.1. The fourth-order valence-corrected chi connectivity index (χ4v) is 4.41. The molecule has 1 fully saturated rings. The lowest BCUT2D eigenvalue weighted by Crippen LogP contribution is -2.35. The minimum atomic E-state index is -0.430. The minimum Gasteiger partial charge on any atom is -0.460 e. The molecule has 2 aromatic carbocycles. The van der Waals surface area contributed by atoms with Crippen molar-refractivity contribution in [3.8, 4) is 11.3 Å². The highest BCUT2D eigenvalue weighted by Crippen LogP contribution is 2.28. The van der Waals surface area contributed by atoms with Gasteiger partial charge in [0.2, 0.25) is 11.9 Å². The Morgan fingerprint density at radius 2 is 1.62 bits per heavy atom. The zero-order valence-electron chi connectivity index (χ0n) is 22.0. The van der Waals surface area contributed by atoms with Crippen LogP contribution in [0.2, 0.25) is 0 Å². The molecule has 1 aromatic heterocycles. The predicted molar refractivity (Wildman–Crippen MR) is 147 cm³/mol. The third-order valence-electron chi connectivity index (χ3n) is 6.14. The Morgan fingerprint density at radius 3 is 2.24 bits per heavy atom. The highest BCUT2D eigenvalue weighted by atomic mass is 16.6. The standard InChI is InChI=1S/C29H35N5O3/c1-20(35)31-23-7-5-22(6-8-23)26-13-16-30-28(33-26)32-24-9-11-25(12-10-24)34-17-14-21(15-18-34)19-27(36)37-29(2,3)4/h5-13,16,21H,14-15,17-19H2,1-4H3,(H,31,35)(H,30,32,33). The molecule has 0 unspecified atom stereocenters. The van der Waals surface area contributed by atoms with Crippen molar-refractivity contribution in [3.63, 3.8) is 0 Å². The SMILES string of the molecule is CC(=O)Nc1ccc(-c2ccnc(Nc3ccc(N4CCC(CC(=O)OC(C)(C)C)CC4)cc3)n2)cc1. The Kier molecular flexibility index (Phi) is 8.06. The molecule has 4 rings (SSSR count). The van der Waals surface area contributed by atoms with Crippen molar-refractivity contribution in [3.05, 3.63) is 60.8 Å². The molecule has 2 N–H and O–H groups in total. The number of esters is 1. The molecule has 0 saturated carbocycles. The van der Waals surface area contributed by atoms with Crippen LogP contribution in [-0.2, 0) is 14.3 Å². The van der Waals surface area contributed by atoms with E-state index in [4.69, 9.17) is 4.74 Å². The van der Waals surface area contributed by atoms with Gasteiger partial charge in [-0.15, -0.1) is 0 Å². The van der Waals surface area contributed by atoms with Crippen LogP contribution in [0.4, 0.5) is 23.0 Å².